The summed E-state index contributed by atoms with van der Waals surface area (Å²) in [7, 11) is 1.97. The van der Waals surface area contributed by atoms with E-state index < -0.39 is 0 Å². The van der Waals surface area contributed by atoms with Gasteiger partial charge in [0.1, 0.15) is 0 Å². The van der Waals surface area contributed by atoms with Crippen LogP contribution in [0.4, 0.5) is 0 Å². The molecule has 0 amide bonds. The molecule has 0 saturated carbocycles. The van der Waals surface area contributed by atoms with Crippen LogP contribution in [0.25, 0.3) is 11.3 Å². The summed E-state index contributed by atoms with van der Waals surface area (Å²) < 4.78 is 0. The van der Waals surface area contributed by atoms with Crippen LogP contribution in [-0.2, 0) is 6.42 Å². The molecule has 2 rings (SSSR count). The highest BCUT2D eigenvalue weighted by atomic mass is 32.1. The topological polar surface area (TPSA) is 24.9 Å². The largest absolute Gasteiger partial charge is 0.319 e. The first-order chi connectivity index (χ1) is 8.61. The Kier molecular flexibility index (Phi) is 4.15. The standard InChI is InChI=1S/C15H20N2S/c1-10-7-12(3)13(8-11(10)2)14-9-18-15(17-14)5-6-16-4/h7-9,16H,5-6H2,1-4H3. The lowest BCUT2D eigenvalue weighted by Crippen LogP contribution is -2.09. The maximum atomic E-state index is 4.73. The molecule has 0 aliphatic carbocycles. The van der Waals surface area contributed by atoms with Gasteiger partial charge < -0.3 is 5.32 Å². The number of hydrogen-bond donors (Lipinski definition) is 1. The van der Waals surface area contributed by atoms with Crippen LogP contribution in [-0.4, -0.2) is 18.6 Å². The highest BCUT2D eigenvalue weighted by molar-refractivity contribution is 7.09. The van der Waals surface area contributed by atoms with Crippen LogP contribution in [0, 0.1) is 20.8 Å². The van der Waals surface area contributed by atoms with Gasteiger partial charge in [0, 0.05) is 23.9 Å². The van der Waals surface area contributed by atoms with Crippen molar-refractivity contribution in [2.75, 3.05) is 13.6 Å². The van der Waals surface area contributed by atoms with Gasteiger partial charge in [0.2, 0.25) is 0 Å². The van der Waals surface area contributed by atoms with Gasteiger partial charge >= 0.3 is 0 Å². The molecule has 2 aromatic rings. The number of hydrogen-bond acceptors (Lipinski definition) is 3. The summed E-state index contributed by atoms with van der Waals surface area (Å²) >= 11 is 1.75. The Morgan fingerprint density at radius 1 is 1.11 bits per heavy atom. The third kappa shape index (κ3) is 2.79. The zero-order chi connectivity index (χ0) is 13.1. The molecule has 1 N–H and O–H groups in total. The molecule has 1 aromatic carbocycles. The molecule has 0 spiro atoms. The van der Waals surface area contributed by atoms with Crippen LogP contribution in [0.2, 0.25) is 0 Å². The summed E-state index contributed by atoms with van der Waals surface area (Å²) in [5.74, 6) is 0. The van der Waals surface area contributed by atoms with E-state index in [1.807, 2.05) is 7.05 Å². The third-order valence-electron chi connectivity index (χ3n) is 3.26. The van der Waals surface area contributed by atoms with Crippen molar-refractivity contribution in [1.29, 1.82) is 0 Å². The van der Waals surface area contributed by atoms with Crippen molar-refractivity contribution < 1.29 is 0 Å². The quantitative estimate of drug-likeness (QED) is 0.910. The molecule has 0 radical (unpaired) electrons. The van der Waals surface area contributed by atoms with Gasteiger partial charge in [-0.05, 0) is 50.6 Å². The maximum Gasteiger partial charge on any atom is 0.0945 e. The van der Waals surface area contributed by atoms with E-state index in [4.69, 9.17) is 4.98 Å². The lowest BCUT2D eigenvalue weighted by atomic mass is 9.99. The number of aromatic nitrogens is 1. The molecule has 96 valence electrons. The van der Waals surface area contributed by atoms with E-state index in [9.17, 15) is 0 Å². The summed E-state index contributed by atoms with van der Waals surface area (Å²) in [5, 5.41) is 6.53. The van der Waals surface area contributed by atoms with Gasteiger partial charge in [-0.15, -0.1) is 11.3 Å². The second kappa shape index (κ2) is 5.63. The summed E-state index contributed by atoms with van der Waals surface area (Å²) in [5.41, 5.74) is 6.38. The number of nitrogens with zero attached hydrogens (tertiary/aromatic N) is 1. The molecule has 0 aliphatic heterocycles. The number of rotatable bonds is 4. The van der Waals surface area contributed by atoms with Gasteiger partial charge in [0.25, 0.3) is 0 Å². The first kappa shape index (κ1) is 13.2. The fourth-order valence-electron chi connectivity index (χ4n) is 2.02. The van der Waals surface area contributed by atoms with Crippen LogP contribution in [0.5, 0.6) is 0 Å². The Labute approximate surface area is 113 Å². The SMILES string of the molecule is CNCCc1nc(-c2cc(C)c(C)cc2C)cs1. The van der Waals surface area contributed by atoms with E-state index in [1.165, 1.54) is 27.3 Å². The minimum absolute atomic E-state index is 0.985. The van der Waals surface area contributed by atoms with E-state index in [-0.39, 0.29) is 0 Å². The third-order valence-corrected chi connectivity index (χ3v) is 4.17. The summed E-state index contributed by atoms with van der Waals surface area (Å²) in [4.78, 5) is 4.73. The maximum absolute atomic E-state index is 4.73. The monoisotopic (exact) mass is 260 g/mol. The van der Waals surface area contributed by atoms with Crippen molar-refractivity contribution >= 4 is 11.3 Å². The Morgan fingerprint density at radius 3 is 2.56 bits per heavy atom. The molecular weight excluding hydrogens is 240 g/mol. The number of likely N-dealkylation sites (N-methyl/N-ethyl adjacent to an activating group) is 1. The van der Waals surface area contributed by atoms with Gasteiger partial charge in [-0.2, -0.15) is 0 Å². The summed E-state index contributed by atoms with van der Waals surface area (Å²) in [6, 6.07) is 4.50. The van der Waals surface area contributed by atoms with Gasteiger partial charge in [-0.25, -0.2) is 4.98 Å². The molecule has 0 aliphatic rings. The van der Waals surface area contributed by atoms with Crippen molar-refractivity contribution in [3.8, 4) is 11.3 Å². The molecule has 1 heterocycles. The van der Waals surface area contributed by atoms with Crippen molar-refractivity contribution in [3.63, 3.8) is 0 Å². The lowest BCUT2D eigenvalue weighted by molar-refractivity contribution is 0.788. The van der Waals surface area contributed by atoms with E-state index in [0.717, 1.165) is 18.7 Å². The second-order valence-electron chi connectivity index (χ2n) is 4.73. The molecule has 0 bridgehead atoms. The van der Waals surface area contributed by atoms with Gasteiger partial charge in [0.15, 0.2) is 0 Å². The average Bonchev–Trinajstić information content (AvgIpc) is 2.79. The predicted molar refractivity (Wildman–Crippen MR) is 79.4 cm³/mol. The molecule has 1 aromatic heterocycles. The zero-order valence-corrected chi connectivity index (χ0v) is 12.3. The molecular formula is C15H20N2S. The van der Waals surface area contributed by atoms with Crippen LogP contribution in [0.1, 0.15) is 21.7 Å². The Bertz CT molecular complexity index is 543. The number of aryl methyl sites for hydroxylation is 3. The summed E-state index contributed by atoms with van der Waals surface area (Å²) in [6.45, 7) is 7.46. The fourth-order valence-corrected chi connectivity index (χ4v) is 2.82. The number of benzene rings is 1. The van der Waals surface area contributed by atoms with Crippen LogP contribution >= 0.6 is 11.3 Å². The molecule has 0 atom stereocenters. The smallest absolute Gasteiger partial charge is 0.0945 e. The molecule has 3 heteroatoms. The van der Waals surface area contributed by atoms with Gasteiger partial charge in [-0.3, -0.25) is 0 Å². The molecule has 0 fully saturated rings. The van der Waals surface area contributed by atoms with Gasteiger partial charge in [-0.1, -0.05) is 6.07 Å². The van der Waals surface area contributed by atoms with Gasteiger partial charge in [0.05, 0.1) is 10.7 Å². The van der Waals surface area contributed by atoms with Crippen LogP contribution < -0.4 is 5.32 Å². The fraction of sp³-hybridized carbons (Fsp3) is 0.400. The first-order valence-corrected chi connectivity index (χ1v) is 7.17. The predicted octanol–water partition coefficient (Wildman–Crippen LogP) is 3.50. The zero-order valence-electron chi connectivity index (χ0n) is 11.5. The molecule has 2 nitrogen and oxygen atoms in total. The van der Waals surface area contributed by atoms with Crippen LogP contribution in [0.15, 0.2) is 17.5 Å². The van der Waals surface area contributed by atoms with Crippen molar-refractivity contribution in [1.82, 2.24) is 10.3 Å². The molecule has 18 heavy (non-hydrogen) atoms. The Morgan fingerprint density at radius 2 is 1.83 bits per heavy atom. The molecule has 0 saturated heterocycles. The minimum atomic E-state index is 0.985. The normalized spacial score (nSPS) is 10.9. The first-order valence-electron chi connectivity index (χ1n) is 6.29. The Hall–Kier alpha value is -1.19. The van der Waals surface area contributed by atoms with E-state index in [2.05, 4.69) is 43.6 Å². The van der Waals surface area contributed by atoms with Crippen molar-refractivity contribution in [2.24, 2.45) is 0 Å². The van der Waals surface area contributed by atoms with E-state index >= 15 is 0 Å². The average molecular weight is 260 g/mol. The van der Waals surface area contributed by atoms with Crippen molar-refractivity contribution in [3.05, 3.63) is 39.2 Å². The minimum Gasteiger partial charge on any atom is -0.319 e. The highest BCUT2D eigenvalue weighted by Crippen LogP contribution is 2.27. The summed E-state index contributed by atoms with van der Waals surface area (Å²) in [6.07, 6.45) is 1.01. The number of nitrogens with one attached hydrogen (secondary N) is 1. The second-order valence-corrected chi connectivity index (χ2v) is 5.67. The Balaban J connectivity index is 2.31. The van der Waals surface area contributed by atoms with Crippen LogP contribution in [0.3, 0.4) is 0 Å². The van der Waals surface area contributed by atoms with Crippen molar-refractivity contribution in [2.45, 2.75) is 27.2 Å². The number of thiazole rings is 1. The highest BCUT2D eigenvalue weighted by Gasteiger charge is 2.08. The molecule has 0 unspecified atom stereocenters. The van der Waals surface area contributed by atoms with E-state index in [1.54, 1.807) is 11.3 Å². The lowest BCUT2D eigenvalue weighted by Gasteiger charge is -2.07. The van der Waals surface area contributed by atoms with E-state index in [0.29, 0.717) is 0 Å².